The fraction of sp³-hybridized carbons (Fsp3) is 0.429. The Hall–Kier alpha value is -1.32. The minimum Gasteiger partial charge on any atom is -0.361 e. The number of fused-ring (bicyclic) bond motifs is 1. The van der Waals surface area contributed by atoms with E-state index < -0.39 is 0 Å². The summed E-state index contributed by atoms with van der Waals surface area (Å²) in [5.41, 5.74) is 9.67. The highest BCUT2D eigenvalue weighted by Gasteiger charge is 2.15. The van der Waals surface area contributed by atoms with Crippen LogP contribution < -0.4 is 5.73 Å². The second-order valence-corrected chi connectivity index (χ2v) is 4.84. The number of nitrogens with zero attached hydrogens (tertiary/aromatic N) is 1. The maximum Gasteiger partial charge on any atom is 0.0460 e. The van der Waals surface area contributed by atoms with Crippen molar-refractivity contribution in [2.24, 2.45) is 5.73 Å². The molecule has 2 heterocycles. The van der Waals surface area contributed by atoms with Gasteiger partial charge in [0, 0.05) is 30.2 Å². The van der Waals surface area contributed by atoms with Gasteiger partial charge in [-0.25, -0.2) is 0 Å². The molecule has 17 heavy (non-hydrogen) atoms. The van der Waals surface area contributed by atoms with Crippen LogP contribution in [0.4, 0.5) is 0 Å². The normalized spacial score (nSPS) is 17.0. The molecule has 0 amide bonds. The van der Waals surface area contributed by atoms with E-state index in [-0.39, 0.29) is 0 Å². The summed E-state index contributed by atoms with van der Waals surface area (Å²) in [6, 6.07) is 6.33. The Morgan fingerprint density at radius 2 is 2.00 bits per heavy atom. The zero-order valence-electron chi connectivity index (χ0n) is 10.1. The minimum atomic E-state index is 0.613. The van der Waals surface area contributed by atoms with Gasteiger partial charge in [0.15, 0.2) is 0 Å². The second kappa shape index (κ2) is 4.51. The van der Waals surface area contributed by atoms with E-state index in [1.165, 1.54) is 48.0 Å². The molecule has 0 spiro atoms. The van der Waals surface area contributed by atoms with E-state index in [0.29, 0.717) is 6.54 Å². The Kier molecular flexibility index (Phi) is 2.87. The number of likely N-dealkylation sites (tertiary alicyclic amines) is 1. The number of nitrogens with one attached hydrogen (secondary N) is 1. The lowest BCUT2D eigenvalue weighted by Crippen LogP contribution is -2.18. The molecule has 0 bridgehead atoms. The molecule has 1 aliphatic heterocycles. The van der Waals surface area contributed by atoms with Crippen molar-refractivity contribution in [3.8, 4) is 0 Å². The summed E-state index contributed by atoms with van der Waals surface area (Å²) in [6.07, 6.45) is 4.82. The highest BCUT2D eigenvalue weighted by atomic mass is 15.1. The van der Waals surface area contributed by atoms with E-state index in [9.17, 15) is 0 Å². The molecule has 0 unspecified atom stereocenters. The molecule has 0 radical (unpaired) electrons. The van der Waals surface area contributed by atoms with Crippen LogP contribution in [0.25, 0.3) is 10.9 Å². The molecular formula is C14H19N3. The van der Waals surface area contributed by atoms with Crippen molar-refractivity contribution in [1.29, 1.82) is 0 Å². The first kappa shape index (κ1) is 10.8. The first-order valence-electron chi connectivity index (χ1n) is 6.39. The molecule has 2 aromatic rings. The zero-order valence-corrected chi connectivity index (χ0v) is 10.1. The van der Waals surface area contributed by atoms with Crippen molar-refractivity contribution in [1.82, 2.24) is 9.88 Å². The average Bonchev–Trinajstić information content (AvgIpc) is 2.99. The lowest BCUT2D eigenvalue weighted by molar-refractivity contribution is 0.332. The fourth-order valence-electron chi connectivity index (χ4n) is 2.81. The monoisotopic (exact) mass is 229 g/mol. The Morgan fingerprint density at radius 3 is 2.76 bits per heavy atom. The Labute approximate surface area is 102 Å². The molecule has 3 nitrogen and oxygen atoms in total. The van der Waals surface area contributed by atoms with Gasteiger partial charge in [0.25, 0.3) is 0 Å². The smallest absolute Gasteiger partial charge is 0.0460 e. The number of aromatic amines is 1. The standard InChI is InChI=1S/C14H19N3/c15-8-11-4-3-5-13-14(11)12(9-16-13)10-17-6-1-2-7-17/h3-5,9,16H,1-2,6-8,10,15H2. The highest BCUT2D eigenvalue weighted by Crippen LogP contribution is 2.24. The van der Waals surface area contributed by atoms with Crippen LogP contribution in [0.15, 0.2) is 24.4 Å². The predicted molar refractivity (Wildman–Crippen MR) is 70.7 cm³/mol. The van der Waals surface area contributed by atoms with Crippen LogP contribution in [0.1, 0.15) is 24.0 Å². The molecule has 0 saturated carbocycles. The van der Waals surface area contributed by atoms with Gasteiger partial charge in [0.1, 0.15) is 0 Å². The third-order valence-electron chi connectivity index (χ3n) is 3.69. The Bertz CT molecular complexity index is 509. The molecule has 1 aliphatic rings. The number of hydrogen-bond donors (Lipinski definition) is 2. The van der Waals surface area contributed by atoms with Crippen molar-refractivity contribution < 1.29 is 0 Å². The first-order chi connectivity index (χ1) is 8.38. The maximum atomic E-state index is 5.82. The van der Waals surface area contributed by atoms with Crippen LogP contribution in [0.5, 0.6) is 0 Å². The van der Waals surface area contributed by atoms with Crippen LogP contribution in [0.3, 0.4) is 0 Å². The van der Waals surface area contributed by atoms with E-state index >= 15 is 0 Å². The third kappa shape index (κ3) is 1.96. The molecule has 3 N–H and O–H groups in total. The van der Waals surface area contributed by atoms with Crippen LogP contribution in [0.2, 0.25) is 0 Å². The van der Waals surface area contributed by atoms with Crippen molar-refractivity contribution in [3.05, 3.63) is 35.5 Å². The van der Waals surface area contributed by atoms with Gasteiger partial charge in [0.2, 0.25) is 0 Å². The van der Waals surface area contributed by atoms with Crippen LogP contribution in [-0.4, -0.2) is 23.0 Å². The summed E-state index contributed by atoms with van der Waals surface area (Å²) in [4.78, 5) is 5.88. The van der Waals surface area contributed by atoms with E-state index in [2.05, 4.69) is 34.3 Å². The van der Waals surface area contributed by atoms with Crippen molar-refractivity contribution in [2.75, 3.05) is 13.1 Å². The summed E-state index contributed by atoms with van der Waals surface area (Å²) in [7, 11) is 0. The zero-order chi connectivity index (χ0) is 11.7. The van der Waals surface area contributed by atoms with E-state index in [4.69, 9.17) is 5.73 Å². The van der Waals surface area contributed by atoms with Crippen molar-refractivity contribution in [2.45, 2.75) is 25.9 Å². The molecule has 90 valence electrons. The summed E-state index contributed by atoms with van der Waals surface area (Å²) in [5.74, 6) is 0. The number of benzene rings is 1. The average molecular weight is 229 g/mol. The van der Waals surface area contributed by atoms with Gasteiger partial charge in [-0.15, -0.1) is 0 Å². The maximum absolute atomic E-state index is 5.82. The van der Waals surface area contributed by atoms with E-state index in [1.54, 1.807) is 0 Å². The quantitative estimate of drug-likeness (QED) is 0.847. The van der Waals surface area contributed by atoms with Gasteiger partial charge >= 0.3 is 0 Å². The van der Waals surface area contributed by atoms with Crippen molar-refractivity contribution in [3.63, 3.8) is 0 Å². The molecule has 0 atom stereocenters. The number of hydrogen-bond acceptors (Lipinski definition) is 2. The number of rotatable bonds is 3. The molecule has 0 aliphatic carbocycles. The van der Waals surface area contributed by atoms with Gasteiger partial charge in [0.05, 0.1) is 0 Å². The molecule has 1 aromatic heterocycles. The molecule has 1 aromatic carbocycles. The van der Waals surface area contributed by atoms with E-state index in [0.717, 1.165) is 6.54 Å². The molecule has 3 rings (SSSR count). The van der Waals surface area contributed by atoms with Crippen LogP contribution >= 0.6 is 0 Å². The number of aromatic nitrogens is 1. The summed E-state index contributed by atoms with van der Waals surface area (Å²) < 4.78 is 0. The lowest BCUT2D eigenvalue weighted by Gasteiger charge is -2.14. The Morgan fingerprint density at radius 1 is 1.18 bits per heavy atom. The molecule has 1 saturated heterocycles. The molecular weight excluding hydrogens is 210 g/mol. The molecule has 1 fully saturated rings. The third-order valence-corrected chi connectivity index (χ3v) is 3.69. The van der Waals surface area contributed by atoms with Gasteiger partial charge in [-0.3, -0.25) is 4.90 Å². The summed E-state index contributed by atoms with van der Waals surface area (Å²) in [5, 5.41) is 1.34. The SMILES string of the molecule is NCc1cccc2[nH]cc(CN3CCCC3)c12. The summed E-state index contributed by atoms with van der Waals surface area (Å²) in [6.45, 7) is 4.13. The Balaban J connectivity index is 1.98. The van der Waals surface area contributed by atoms with E-state index in [1.807, 2.05) is 0 Å². The highest BCUT2D eigenvalue weighted by molar-refractivity contribution is 5.86. The van der Waals surface area contributed by atoms with Gasteiger partial charge in [-0.1, -0.05) is 12.1 Å². The van der Waals surface area contributed by atoms with Gasteiger partial charge in [-0.2, -0.15) is 0 Å². The minimum absolute atomic E-state index is 0.613. The van der Waals surface area contributed by atoms with Crippen LogP contribution in [0, 0.1) is 0 Å². The number of nitrogens with two attached hydrogens (primary N) is 1. The lowest BCUT2D eigenvalue weighted by atomic mass is 10.1. The summed E-state index contributed by atoms with van der Waals surface area (Å²) >= 11 is 0. The number of H-pyrrole nitrogens is 1. The van der Waals surface area contributed by atoms with Gasteiger partial charge in [-0.05, 0) is 43.1 Å². The van der Waals surface area contributed by atoms with Gasteiger partial charge < -0.3 is 10.7 Å². The predicted octanol–water partition coefficient (Wildman–Crippen LogP) is 2.22. The fourth-order valence-corrected chi connectivity index (χ4v) is 2.81. The van der Waals surface area contributed by atoms with Crippen molar-refractivity contribution >= 4 is 10.9 Å². The molecule has 3 heteroatoms. The topological polar surface area (TPSA) is 45.1 Å². The first-order valence-corrected chi connectivity index (χ1v) is 6.39. The van der Waals surface area contributed by atoms with Crippen LogP contribution in [-0.2, 0) is 13.1 Å². The largest absolute Gasteiger partial charge is 0.361 e. The second-order valence-electron chi connectivity index (χ2n) is 4.84.